The predicted octanol–water partition coefficient (Wildman–Crippen LogP) is 2.84. The van der Waals surface area contributed by atoms with E-state index in [0.717, 1.165) is 29.7 Å². The summed E-state index contributed by atoms with van der Waals surface area (Å²) < 4.78 is 5.23. The molecule has 78 valence electrons. The molecule has 0 saturated heterocycles. The van der Waals surface area contributed by atoms with Crippen LogP contribution in [0.4, 0.5) is 0 Å². The standard InChI is InChI=1S/C12H18O2/c1-4-5-11(13)10-7-6-9(2)8-12(10)14-3/h6-8,11,13H,4-5H2,1-3H3. The van der Waals surface area contributed by atoms with Crippen LogP contribution in [0.1, 0.15) is 37.0 Å². The summed E-state index contributed by atoms with van der Waals surface area (Å²) in [4.78, 5) is 0. The Hall–Kier alpha value is -1.02. The van der Waals surface area contributed by atoms with Crippen molar-refractivity contribution < 1.29 is 9.84 Å². The highest BCUT2D eigenvalue weighted by molar-refractivity contribution is 5.38. The summed E-state index contributed by atoms with van der Waals surface area (Å²) in [7, 11) is 1.64. The van der Waals surface area contributed by atoms with Gasteiger partial charge in [0, 0.05) is 5.56 Å². The predicted molar refractivity (Wildman–Crippen MR) is 57.6 cm³/mol. The first-order chi connectivity index (χ1) is 6.69. The number of hydrogen-bond acceptors (Lipinski definition) is 2. The fourth-order valence-corrected chi connectivity index (χ4v) is 1.52. The fourth-order valence-electron chi connectivity index (χ4n) is 1.52. The molecule has 0 bridgehead atoms. The second kappa shape index (κ2) is 5.01. The highest BCUT2D eigenvalue weighted by Crippen LogP contribution is 2.28. The van der Waals surface area contributed by atoms with Gasteiger partial charge in [0.1, 0.15) is 5.75 Å². The molecule has 0 saturated carbocycles. The van der Waals surface area contributed by atoms with Crippen molar-refractivity contribution in [2.24, 2.45) is 0 Å². The van der Waals surface area contributed by atoms with Crippen molar-refractivity contribution in [2.45, 2.75) is 32.8 Å². The van der Waals surface area contributed by atoms with Gasteiger partial charge in [-0.3, -0.25) is 0 Å². The van der Waals surface area contributed by atoms with Gasteiger partial charge in [-0.25, -0.2) is 0 Å². The van der Waals surface area contributed by atoms with Crippen LogP contribution in [0.15, 0.2) is 18.2 Å². The van der Waals surface area contributed by atoms with Gasteiger partial charge in [-0.15, -0.1) is 0 Å². The number of rotatable bonds is 4. The molecule has 1 rings (SSSR count). The van der Waals surface area contributed by atoms with Crippen molar-refractivity contribution in [3.8, 4) is 5.75 Å². The van der Waals surface area contributed by atoms with E-state index in [1.165, 1.54) is 0 Å². The molecule has 0 radical (unpaired) electrons. The van der Waals surface area contributed by atoms with Gasteiger partial charge in [0.05, 0.1) is 13.2 Å². The maximum absolute atomic E-state index is 9.84. The monoisotopic (exact) mass is 194 g/mol. The number of methoxy groups -OCH3 is 1. The van der Waals surface area contributed by atoms with Crippen LogP contribution in [-0.2, 0) is 0 Å². The lowest BCUT2D eigenvalue weighted by Gasteiger charge is -2.14. The molecule has 0 aliphatic heterocycles. The minimum atomic E-state index is -0.407. The molecular formula is C12H18O2. The van der Waals surface area contributed by atoms with Crippen LogP contribution in [0, 0.1) is 6.92 Å². The molecule has 1 N–H and O–H groups in total. The molecule has 0 aliphatic carbocycles. The topological polar surface area (TPSA) is 29.5 Å². The Bertz CT molecular complexity index is 294. The third kappa shape index (κ3) is 2.48. The lowest BCUT2D eigenvalue weighted by atomic mass is 10.0. The fraction of sp³-hybridized carbons (Fsp3) is 0.500. The quantitative estimate of drug-likeness (QED) is 0.798. The van der Waals surface area contributed by atoms with Crippen LogP contribution in [0.2, 0.25) is 0 Å². The summed E-state index contributed by atoms with van der Waals surface area (Å²) in [5.41, 5.74) is 2.04. The van der Waals surface area contributed by atoms with E-state index in [1.54, 1.807) is 7.11 Å². The molecule has 0 aliphatic rings. The Morgan fingerprint density at radius 3 is 2.71 bits per heavy atom. The zero-order valence-electron chi connectivity index (χ0n) is 9.08. The Labute approximate surface area is 85.5 Å². The minimum Gasteiger partial charge on any atom is -0.496 e. The first kappa shape index (κ1) is 11.1. The second-order valence-corrected chi connectivity index (χ2v) is 3.55. The maximum Gasteiger partial charge on any atom is 0.124 e. The van der Waals surface area contributed by atoms with E-state index < -0.39 is 6.10 Å². The van der Waals surface area contributed by atoms with Gasteiger partial charge in [-0.2, -0.15) is 0 Å². The van der Waals surface area contributed by atoms with Crippen molar-refractivity contribution in [2.75, 3.05) is 7.11 Å². The average Bonchev–Trinajstić information content (AvgIpc) is 2.17. The van der Waals surface area contributed by atoms with Crippen molar-refractivity contribution in [1.29, 1.82) is 0 Å². The first-order valence-corrected chi connectivity index (χ1v) is 5.01. The molecule has 1 unspecified atom stereocenters. The first-order valence-electron chi connectivity index (χ1n) is 5.01. The Morgan fingerprint density at radius 2 is 2.14 bits per heavy atom. The summed E-state index contributed by atoms with van der Waals surface area (Å²) >= 11 is 0. The van der Waals surface area contributed by atoms with Crippen LogP contribution in [0.25, 0.3) is 0 Å². The number of aliphatic hydroxyl groups excluding tert-OH is 1. The number of hydrogen-bond donors (Lipinski definition) is 1. The normalized spacial score (nSPS) is 12.6. The molecule has 0 heterocycles. The molecule has 0 fully saturated rings. The smallest absolute Gasteiger partial charge is 0.124 e. The van der Waals surface area contributed by atoms with E-state index in [2.05, 4.69) is 6.92 Å². The van der Waals surface area contributed by atoms with E-state index in [-0.39, 0.29) is 0 Å². The molecule has 1 aromatic carbocycles. The van der Waals surface area contributed by atoms with Crippen molar-refractivity contribution in [3.05, 3.63) is 29.3 Å². The van der Waals surface area contributed by atoms with E-state index in [0.29, 0.717) is 0 Å². The van der Waals surface area contributed by atoms with Crippen LogP contribution >= 0.6 is 0 Å². The van der Waals surface area contributed by atoms with Crippen molar-refractivity contribution >= 4 is 0 Å². The van der Waals surface area contributed by atoms with Crippen molar-refractivity contribution in [3.63, 3.8) is 0 Å². The highest BCUT2D eigenvalue weighted by atomic mass is 16.5. The third-order valence-corrected chi connectivity index (χ3v) is 2.31. The average molecular weight is 194 g/mol. The number of aryl methyl sites for hydroxylation is 1. The van der Waals surface area contributed by atoms with E-state index >= 15 is 0 Å². The summed E-state index contributed by atoms with van der Waals surface area (Å²) in [5.74, 6) is 0.783. The zero-order chi connectivity index (χ0) is 10.6. The molecule has 2 nitrogen and oxygen atoms in total. The number of benzene rings is 1. The molecule has 1 atom stereocenters. The largest absolute Gasteiger partial charge is 0.496 e. The summed E-state index contributed by atoms with van der Waals surface area (Å²) in [5, 5.41) is 9.84. The lowest BCUT2D eigenvalue weighted by Crippen LogP contribution is -2.00. The van der Waals surface area contributed by atoms with Crippen LogP contribution < -0.4 is 4.74 Å². The summed E-state index contributed by atoms with van der Waals surface area (Å²) in [6, 6.07) is 5.89. The molecule has 0 amide bonds. The van der Waals surface area contributed by atoms with E-state index in [9.17, 15) is 5.11 Å². The summed E-state index contributed by atoms with van der Waals surface area (Å²) in [6.45, 7) is 4.07. The Kier molecular flexibility index (Phi) is 3.96. The zero-order valence-corrected chi connectivity index (χ0v) is 9.08. The molecule has 14 heavy (non-hydrogen) atoms. The van der Waals surface area contributed by atoms with Gasteiger partial charge in [-0.1, -0.05) is 25.5 Å². The second-order valence-electron chi connectivity index (χ2n) is 3.55. The van der Waals surface area contributed by atoms with Gasteiger partial charge in [0.15, 0.2) is 0 Å². The third-order valence-electron chi connectivity index (χ3n) is 2.31. The van der Waals surface area contributed by atoms with Crippen LogP contribution in [0.3, 0.4) is 0 Å². The van der Waals surface area contributed by atoms with Gasteiger partial charge in [0.25, 0.3) is 0 Å². The van der Waals surface area contributed by atoms with Gasteiger partial charge >= 0.3 is 0 Å². The van der Waals surface area contributed by atoms with Crippen LogP contribution in [-0.4, -0.2) is 12.2 Å². The Balaban J connectivity index is 2.95. The van der Waals surface area contributed by atoms with Gasteiger partial charge in [-0.05, 0) is 25.0 Å². The highest BCUT2D eigenvalue weighted by Gasteiger charge is 2.11. The van der Waals surface area contributed by atoms with Gasteiger partial charge < -0.3 is 9.84 Å². The molecule has 0 aromatic heterocycles. The number of ether oxygens (including phenoxy) is 1. The van der Waals surface area contributed by atoms with Crippen LogP contribution in [0.5, 0.6) is 5.75 Å². The van der Waals surface area contributed by atoms with Gasteiger partial charge in [0.2, 0.25) is 0 Å². The molecule has 0 spiro atoms. The van der Waals surface area contributed by atoms with E-state index in [1.807, 2.05) is 25.1 Å². The molecule has 1 aromatic rings. The van der Waals surface area contributed by atoms with E-state index in [4.69, 9.17) is 4.74 Å². The minimum absolute atomic E-state index is 0.407. The maximum atomic E-state index is 9.84. The SMILES string of the molecule is CCCC(O)c1ccc(C)cc1OC. The molecular weight excluding hydrogens is 176 g/mol. The van der Waals surface area contributed by atoms with Crippen molar-refractivity contribution in [1.82, 2.24) is 0 Å². The Morgan fingerprint density at radius 1 is 1.43 bits per heavy atom. The molecule has 2 heteroatoms. The lowest BCUT2D eigenvalue weighted by molar-refractivity contribution is 0.162. The summed E-state index contributed by atoms with van der Waals surface area (Å²) in [6.07, 6.45) is 1.34. The number of aliphatic hydroxyl groups is 1.